The van der Waals surface area contributed by atoms with Crippen molar-refractivity contribution in [2.75, 3.05) is 20.1 Å². The molecule has 0 saturated carbocycles. The Morgan fingerprint density at radius 3 is 2.81 bits per heavy atom. The minimum absolute atomic E-state index is 0.0215. The second-order valence-corrected chi connectivity index (χ2v) is 6.36. The number of likely N-dealkylation sites (N-methyl/N-ethyl adjacent to an activating group) is 1. The summed E-state index contributed by atoms with van der Waals surface area (Å²) >= 11 is 0. The molecule has 0 radical (unpaired) electrons. The van der Waals surface area contributed by atoms with Gasteiger partial charge in [-0.1, -0.05) is 30.3 Å². The molecule has 3 rings (SSSR count). The van der Waals surface area contributed by atoms with Crippen molar-refractivity contribution in [2.45, 2.75) is 12.5 Å². The van der Waals surface area contributed by atoms with E-state index in [2.05, 4.69) is 15.2 Å². The van der Waals surface area contributed by atoms with Gasteiger partial charge in [0, 0.05) is 25.1 Å². The van der Waals surface area contributed by atoms with Crippen LogP contribution in [0.15, 0.2) is 30.3 Å². The molecule has 1 aliphatic rings. The predicted octanol–water partition coefficient (Wildman–Crippen LogP) is 0.483. The number of carbonyl (C=O) groups is 3. The van der Waals surface area contributed by atoms with E-state index >= 15 is 0 Å². The van der Waals surface area contributed by atoms with Crippen LogP contribution in [-0.4, -0.2) is 69.3 Å². The first-order valence-electron chi connectivity index (χ1n) is 8.41. The largest absolute Gasteiger partial charge is 0.330 e. The number of likely N-dealkylation sites (tertiary alicyclic amines) is 1. The molecule has 2 aromatic rings. The Balaban J connectivity index is 1.66. The van der Waals surface area contributed by atoms with Crippen molar-refractivity contribution >= 4 is 18.1 Å². The van der Waals surface area contributed by atoms with Crippen LogP contribution in [0.5, 0.6) is 0 Å². The summed E-state index contributed by atoms with van der Waals surface area (Å²) in [6.07, 6.45) is 1.08. The van der Waals surface area contributed by atoms with E-state index < -0.39 is 11.9 Å². The van der Waals surface area contributed by atoms with Crippen LogP contribution in [0, 0.1) is 17.2 Å². The average Bonchev–Trinajstić information content (AvgIpc) is 3.35. The number of aromatic nitrogens is 3. The Kier molecular flexibility index (Phi) is 5.26. The van der Waals surface area contributed by atoms with E-state index in [1.165, 1.54) is 16.8 Å². The maximum absolute atomic E-state index is 12.5. The molecule has 9 nitrogen and oxygen atoms in total. The third-order valence-electron chi connectivity index (χ3n) is 4.43. The quantitative estimate of drug-likeness (QED) is 0.768. The molecule has 138 valence electrons. The molecule has 2 heterocycles. The first-order chi connectivity index (χ1) is 13.0. The van der Waals surface area contributed by atoms with Gasteiger partial charge in [0.25, 0.3) is 5.91 Å². The number of aldehydes is 1. The van der Waals surface area contributed by atoms with E-state index in [-0.39, 0.29) is 30.7 Å². The summed E-state index contributed by atoms with van der Waals surface area (Å²) in [5, 5.41) is 15.8. The number of nitriles is 1. The van der Waals surface area contributed by atoms with E-state index in [0.717, 1.165) is 11.8 Å². The van der Waals surface area contributed by atoms with Gasteiger partial charge < -0.3 is 14.6 Å². The second-order valence-electron chi connectivity index (χ2n) is 6.36. The van der Waals surface area contributed by atoms with Gasteiger partial charge in [-0.25, -0.2) is 4.98 Å². The van der Waals surface area contributed by atoms with Crippen LogP contribution in [0.2, 0.25) is 0 Å². The fourth-order valence-corrected chi connectivity index (χ4v) is 2.99. The number of amides is 2. The molecule has 1 N–H and O–H groups in total. The van der Waals surface area contributed by atoms with Gasteiger partial charge in [-0.15, -0.1) is 0 Å². The Labute approximate surface area is 155 Å². The SMILES string of the molecule is CN(CC(=O)N1CC(C=O)CC1C#N)C(=O)c1nc(-c2ccccc2)n[nH]1. The van der Waals surface area contributed by atoms with E-state index in [9.17, 15) is 14.4 Å². The molecular weight excluding hydrogens is 348 g/mol. The number of nitrogens with zero attached hydrogens (tertiary/aromatic N) is 5. The highest BCUT2D eigenvalue weighted by Gasteiger charge is 2.35. The molecule has 1 aliphatic heterocycles. The predicted molar refractivity (Wildman–Crippen MR) is 94.1 cm³/mol. The fourth-order valence-electron chi connectivity index (χ4n) is 2.99. The van der Waals surface area contributed by atoms with Gasteiger partial charge in [0.05, 0.1) is 12.6 Å². The molecule has 2 atom stereocenters. The molecule has 0 aliphatic carbocycles. The molecule has 0 bridgehead atoms. The molecule has 2 amide bonds. The number of benzene rings is 1. The highest BCUT2D eigenvalue weighted by atomic mass is 16.2. The molecule has 1 aromatic heterocycles. The summed E-state index contributed by atoms with van der Waals surface area (Å²) in [6, 6.07) is 10.6. The standard InChI is InChI=1S/C18H18N6O3/c1-23(10-15(26)24-9-12(11-25)7-14(24)8-19)18(27)17-20-16(21-22-17)13-5-3-2-4-6-13/h2-6,11-12,14H,7,9-10H2,1H3,(H,20,21,22). The van der Waals surface area contributed by atoms with Crippen molar-refractivity contribution < 1.29 is 14.4 Å². The summed E-state index contributed by atoms with van der Waals surface area (Å²) in [6.45, 7) is -0.0208. The molecule has 27 heavy (non-hydrogen) atoms. The van der Waals surface area contributed by atoms with Gasteiger partial charge in [-0.3, -0.25) is 14.7 Å². The van der Waals surface area contributed by atoms with Gasteiger partial charge in [-0.2, -0.15) is 10.4 Å². The number of hydrogen-bond donors (Lipinski definition) is 1. The second kappa shape index (κ2) is 7.78. The Bertz CT molecular complexity index is 888. The van der Waals surface area contributed by atoms with Crippen LogP contribution >= 0.6 is 0 Å². The van der Waals surface area contributed by atoms with Gasteiger partial charge in [0.1, 0.15) is 12.3 Å². The summed E-state index contributed by atoms with van der Waals surface area (Å²) < 4.78 is 0. The van der Waals surface area contributed by atoms with Crippen LogP contribution in [0.1, 0.15) is 17.0 Å². The van der Waals surface area contributed by atoms with E-state index in [0.29, 0.717) is 12.2 Å². The van der Waals surface area contributed by atoms with Crippen molar-refractivity contribution in [2.24, 2.45) is 5.92 Å². The highest BCUT2D eigenvalue weighted by Crippen LogP contribution is 2.21. The fraction of sp³-hybridized carbons (Fsp3) is 0.333. The number of hydrogen-bond acceptors (Lipinski definition) is 6. The highest BCUT2D eigenvalue weighted by molar-refractivity contribution is 5.93. The number of H-pyrrole nitrogens is 1. The minimum atomic E-state index is -0.647. The lowest BCUT2D eigenvalue weighted by atomic mass is 10.1. The lowest BCUT2D eigenvalue weighted by Crippen LogP contribution is -2.43. The number of aromatic amines is 1. The molecule has 2 unspecified atom stereocenters. The zero-order valence-electron chi connectivity index (χ0n) is 14.7. The Hall–Kier alpha value is -3.54. The smallest absolute Gasteiger partial charge is 0.291 e. The molecule has 1 aromatic carbocycles. The Morgan fingerprint density at radius 2 is 2.15 bits per heavy atom. The van der Waals surface area contributed by atoms with Crippen LogP contribution < -0.4 is 0 Å². The van der Waals surface area contributed by atoms with Gasteiger partial charge in [0.15, 0.2) is 5.82 Å². The Morgan fingerprint density at radius 1 is 1.41 bits per heavy atom. The topological polar surface area (TPSA) is 123 Å². The van der Waals surface area contributed by atoms with Crippen LogP contribution in [0.3, 0.4) is 0 Å². The van der Waals surface area contributed by atoms with Gasteiger partial charge in [0.2, 0.25) is 11.7 Å². The van der Waals surface area contributed by atoms with E-state index in [1.54, 1.807) is 0 Å². The minimum Gasteiger partial charge on any atom is -0.330 e. The monoisotopic (exact) mass is 366 g/mol. The summed E-state index contributed by atoms with van der Waals surface area (Å²) in [7, 11) is 1.47. The van der Waals surface area contributed by atoms with Crippen LogP contribution in [-0.2, 0) is 9.59 Å². The van der Waals surface area contributed by atoms with Crippen molar-refractivity contribution in [3.63, 3.8) is 0 Å². The van der Waals surface area contributed by atoms with Crippen LogP contribution in [0.25, 0.3) is 11.4 Å². The molecule has 1 fully saturated rings. The van der Waals surface area contributed by atoms with Crippen molar-refractivity contribution in [1.29, 1.82) is 5.26 Å². The zero-order chi connectivity index (χ0) is 19.4. The molecule has 0 spiro atoms. The van der Waals surface area contributed by atoms with Gasteiger partial charge in [-0.05, 0) is 6.42 Å². The van der Waals surface area contributed by atoms with Crippen molar-refractivity contribution in [3.8, 4) is 17.5 Å². The first-order valence-corrected chi connectivity index (χ1v) is 8.41. The normalized spacial score (nSPS) is 18.7. The van der Waals surface area contributed by atoms with E-state index in [4.69, 9.17) is 5.26 Å². The molecule has 1 saturated heterocycles. The summed E-state index contributed by atoms with van der Waals surface area (Å²) in [5.41, 5.74) is 0.764. The first kappa shape index (κ1) is 18.3. The maximum Gasteiger partial charge on any atom is 0.291 e. The third-order valence-corrected chi connectivity index (χ3v) is 4.43. The summed E-state index contributed by atoms with van der Waals surface area (Å²) in [5.74, 6) is -0.811. The van der Waals surface area contributed by atoms with E-state index in [1.807, 2.05) is 36.4 Å². The number of carbonyl (C=O) groups excluding carboxylic acids is 3. The molecule has 9 heteroatoms. The average molecular weight is 366 g/mol. The lowest BCUT2D eigenvalue weighted by molar-refractivity contribution is -0.131. The summed E-state index contributed by atoms with van der Waals surface area (Å²) in [4.78, 5) is 42.7. The number of nitrogens with one attached hydrogen (secondary N) is 1. The maximum atomic E-state index is 12.5. The van der Waals surface area contributed by atoms with Crippen molar-refractivity contribution in [3.05, 3.63) is 36.2 Å². The lowest BCUT2D eigenvalue weighted by Gasteiger charge is -2.23. The van der Waals surface area contributed by atoms with Crippen LogP contribution in [0.4, 0.5) is 0 Å². The van der Waals surface area contributed by atoms with Crippen molar-refractivity contribution in [1.82, 2.24) is 25.0 Å². The van der Waals surface area contributed by atoms with Gasteiger partial charge >= 0.3 is 0 Å². The molecular formula is C18H18N6O3. The zero-order valence-corrected chi connectivity index (χ0v) is 14.7. The third kappa shape index (κ3) is 3.84. The number of rotatable bonds is 5.